The summed E-state index contributed by atoms with van der Waals surface area (Å²) in [6.45, 7) is 6.85. The van der Waals surface area contributed by atoms with Crippen LogP contribution in [0.1, 0.15) is 29.9 Å². The van der Waals surface area contributed by atoms with Crippen molar-refractivity contribution in [3.63, 3.8) is 0 Å². The molecule has 0 unspecified atom stereocenters. The first kappa shape index (κ1) is 19.2. The molecule has 0 aliphatic heterocycles. The number of amides is 1. The van der Waals surface area contributed by atoms with Crippen LogP contribution >= 0.6 is 11.3 Å². The van der Waals surface area contributed by atoms with Crippen LogP contribution < -0.4 is 0 Å². The van der Waals surface area contributed by atoms with Crippen LogP contribution in [0.15, 0.2) is 36.0 Å². The van der Waals surface area contributed by atoms with E-state index in [4.69, 9.17) is 4.74 Å². The number of nitrogens with zero attached hydrogens (tertiary/aromatic N) is 5. The lowest BCUT2D eigenvalue weighted by Crippen LogP contribution is -2.39. The summed E-state index contributed by atoms with van der Waals surface area (Å²) < 4.78 is 6.74. The zero-order chi connectivity index (χ0) is 19.4. The summed E-state index contributed by atoms with van der Waals surface area (Å²) in [5.74, 6) is 0.380. The SMILES string of the molecule is COCCN(C(=O)c1cnn(-c2nccc(-c3cccs3)n2)c1C)C(C)C. The molecule has 3 rings (SSSR count). The molecule has 0 fully saturated rings. The number of hydrogen-bond acceptors (Lipinski definition) is 6. The highest BCUT2D eigenvalue weighted by molar-refractivity contribution is 7.13. The van der Waals surface area contributed by atoms with E-state index in [0.717, 1.165) is 10.6 Å². The van der Waals surface area contributed by atoms with Crippen molar-refractivity contribution >= 4 is 17.2 Å². The van der Waals surface area contributed by atoms with Crippen molar-refractivity contribution in [2.24, 2.45) is 0 Å². The number of rotatable bonds is 7. The van der Waals surface area contributed by atoms with E-state index >= 15 is 0 Å². The van der Waals surface area contributed by atoms with E-state index in [0.29, 0.717) is 30.4 Å². The van der Waals surface area contributed by atoms with Gasteiger partial charge in [0.25, 0.3) is 11.9 Å². The summed E-state index contributed by atoms with van der Waals surface area (Å²) in [7, 11) is 1.63. The molecule has 1 amide bonds. The third kappa shape index (κ3) is 4.06. The van der Waals surface area contributed by atoms with Crippen LogP contribution in [0.4, 0.5) is 0 Å². The first-order valence-electron chi connectivity index (χ1n) is 8.74. The van der Waals surface area contributed by atoms with Crippen molar-refractivity contribution in [1.82, 2.24) is 24.6 Å². The molecule has 3 heterocycles. The van der Waals surface area contributed by atoms with Crippen LogP contribution in [-0.2, 0) is 4.74 Å². The molecular formula is C19H23N5O2S. The minimum Gasteiger partial charge on any atom is -0.383 e. The van der Waals surface area contributed by atoms with Gasteiger partial charge in [0.05, 0.1) is 34.6 Å². The highest BCUT2D eigenvalue weighted by Crippen LogP contribution is 2.23. The van der Waals surface area contributed by atoms with Gasteiger partial charge in [0.2, 0.25) is 0 Å². The molecule has 142 valence electrons. The van der Waals surface area contributed by atoms with Crippen LogP contribution in [0, 0.1) is 6.92 Å². The Bertz CT molecular complexity index is 905. The van der Waals surface area contributed by atoms with E-state index in [2.05, 4.69) is 15.1 Å². The van der Waals surface area contributed by atoms with Gasteiger partial charge in [-0.3, -0.25) is 4.79 Å². The van der Waals surface area contributed by atoms with Crippen LogP contribution in [0.25, 0.3) is 16.5 Å². The molecule has 0 bridgehead atoms. The molecule has 0 aliphatic rings. The van der Waals surface area contributed by atoms with Crippen LogP contribution in [-0.4, -0.2) is 56.9 Å². The molecule has 0 aromatic carbocycles. The summed E-state index contributed by atoms with van der Waals surface area (Å²) >= 11 is 1.62. The quantitative estimate of drug-likeness (QED) is 0.624. The second-order valence-corrected chi connectivity index (χ2v) is 7.31. The summed E-state index contributed by atoms with van der Waals surface area (Å²) in [6.07, 6.45) is 3.29. The third-order valence-electron chi connectivity index (χ3n) is 4.27. The fourth-order valence-corrected chi connectivity index (χ4v) is 3.47. The highest BCUT2D eigenvalue weighted by atomic mass is 32.1. The number of carbonyl (C=O) groups is 1. The first-order valence-corrected chi connectivity index (χ1v) is 9.62. The minimum atomic E-state index is -0.0692. The average molecular weight is 385 g/mol. The summed E-state index contributed by atoms with van der Waals surface area (Å²) in [5.41, 5.74) is 2.10. The molecule has 0 radical (unpaired) electrons. The van der Waals surface area contributed by atoms with Gasteiger partial charge >= 0.3 is 0 Å². The number of aromatic nitrogens is 4. The molecule has 27 heavy (non-hydrogen) atoms. The van der Waals surface area contributed by atoms with Gasteiger partial charge in [0.1, 0.15) is 0 Å². The van der Waals surface area contributed by atoms with E-state index in [1.807, 2.05) is 44.4 Å². The number of thiophene rings is 1. The highest BCUT2D eigenvalue weighted by Gasteiger charge is 2.23. The van der Waals surface area contributed by atoms with Gasteiger partial charge in [-0.1, -0.05) is 6.07 Å². The third-order valence-corrected chi connectivity index (χ3v) is 5.16. The lowest BCUT2D eigenvalue weighted by Gasteiger charge is -2.26. The molecule has 8 heteroatoms. The largest absolute Gasteiger partial charge is 0.383 e. The average Bonchev–Trinajstić information content (AvgIpc) is 3.31. The predicted molar refractivity (Wildman–Crippen MR) is 105 cm³/mol. The fraction of sp³-hybridized carbons (Fsp3) is 0.368. The number of ether oxygens (including phenoxy) is 1. The van der Waals surface area contributed by atoms with Crippen molar-refractivity contribution in [2.75, 3.05) is 20.3 Å². The van der Waals surface area contributed by atoms with Gasteiger partial charge in [-0.05, 0) is 38.3 Å². The van der Waals surface area contributed by atoms with Crippen LogP contribution in [0.2, 0.25) is 0 Å². The maximum absolute atomic E-state index is 13.0. The van der Waals surface area contributed by atoms with Crippen molar-refractivity contribution < 1.29 is 9.53 Å². The Labute approximate surface area is 162 Å². The van der Waals surface area contributed by atoms with Gasteiger partial charge in [0.15, 0.2) is 0 Å². The number of hydrogen-bond donors (Lipinski definition) is 0. The van der Waals surface area contributed by atoms with Gasteiger partial charge < -0.3 is 9.64 Å². The van der Waals surface area contributed by atoms with Crippen molar-refractivity contribution in [3.05, 3.63) is 47.2 Å². The maximum atomic E-state index is 13.0. The Kier molecular flexibility index (Phi) is 5.98. The zero-order valence-corrected chi connectivity index (χ0v) is 16.7. The molecule has 0 N–H and O–H groups in total. The van der Waals surface area contributed by atoms with E-state index < -0.39 is 0 Å². The Balaban J connectivity index is 1.91. The van der Waals surface area contributed by atoms with E-state index in [1.54, 1.807) is 40.4 Å². The molecule has 3 aromatic heterocycles. The molecule has 0 aliphatic carbocycles. The molecular weight excluding hydrogens is 362 g/mol. The maximum Gasteiger partial charge on any atom is 0.257 e. The second kappa shape index (κ2) is 8.41. The molecule has 3 aromatic rings. The molecule has 7 nitrogen and oxygen atoms in total. The van der Waals surface area contributed by atoms with Crippen molar-refractivity contribution in [1.29, 1.82) is 0 Å². The second-order valence-electron chi connectivity index (χ2n) is 6.36. The molecule has 0 spiro atoms. The Morgan fingerprint density at radius 2 is 2.19 bits per heavy atom. The Hall–Kier alpha value is -2.58. The molecule has 0 atom stereocenters. The topological polar surface area (TPSA) is 73.1 Å². The summed E-state index contributed by atoms with van der Waals surface area (Å²) in [6, 6.07) is 5.93. The van der Waals surface area contributed by atoms with Crippen molar-refractivity contribution in [2.45, 2.75) is 26.8 Å². The monoisotopic (exact) mass is 385 g/mol. The normalized spacial score (nSPS) is 11.1. The van der Waals surface area contributed by atoms with Gasteiger partial charge in [-0.25, -0.2) is 14.6 Å². The zero-order valence-electron chi connectivity index (χ0n) is 15.9. The van der Waals surface area contributed by atoms with E-state index in [-0.39, 0.29) is 11.9 Å². The lowest BCUT2D eigenvalue weighted by molar-refractivity contribution is 0.0634. The van der Waals surface area contributed by atoms with Crippen molar-refractivity contribution in [3.8, 4) is 16.5 Å². The fourth-order valence-electron chi connectivity index (χ4n) is 2.77. The predicted octanol–water partition coefficient (Wildman–Crippen LogP) is 3.20. The van der Waals surface area contributed by atoms with E-state index in [9.17, 15) is 4.79 Å². The van der Waals surface area contributed by atoms with Gasteiger partial charge in [-0.15, -0.1) is 11.3 Å². The standard InChI is InChI=1S/C19H23N5O2S/c1-13(2)23(9-10-26-4)18(25)15-12-21-24(14(15)3)19-20-8-7-16(22-19)17-6-5-11-27-17/h5-8,11-13H,9-10H2,1-4H3. The van der Waals surface area contributed by atoms with Gasteiger partial charge in [0, 0.05) is 25.9 Å². The van der Waals surface area contributed by atoms with Crippen LogP contribution in [0.3, 0.4) is 0 Å². The first-order chi connectivity index (χ1) is 13.0. The van der Waals surface area contributed by atoms with Gasteiger partial charge in [-0.2, -0.15) is 5.10 Å². The lowest BCUT2D eigenvalue weighted by atomic mass is 10.2. The number of carbonyl (C=O) groups excluding carboxylic acids is 1. The van der Waals surface area contributed by atoms with Crippen LogP contribution in [0.5, 0.6) is 0 Å². The molecule has 0 saturated carbocycles. The Morgan fingerprint density at radius 3 is 2.85 bits per heavy atom. The van der Waals surface area contributed by atoms with E-state index in [1.165, 1.54) is 0 Å². The summed E-state index contributed by atoms with van der Waals surface area (Å²) in [4.78, 5) is 24.8. The number of methoxy groups -OCH3 is 1. The Morgan fingerprint density at radius 1 is 1.37 bits per heavy atom. The summed E-state index contributed by atoms with van der Waals surface area (Å²) in [5, 5.41) is 6.38. The smallest absolute Gasteiger partial charge is 0.257 e. The minimum absolute atomic E-state index is 0.0637. The molecule has 0 saturated heterocycles.